The zero-order chi connectivity index (χ0) is 18.8. The lowest BCUT2D eigenvalue weighted by atomic mass is 10.1. The van der Waals surface area contributed by atoms with Crippen molar-refractivity contribution in [3.05, 3.63) is 16.0 Å². The second kappa shape index (κ2) is 7.75. The fourth-order valence-corrected chi connectivity index (χ4v) is 3.91. The molecular formula is C18H30N6O2. The third kappa shape index (κ3) is 3.35. The molecule has 3 heterocycles. The molecular weight excluding hydrogens is 332 g/mol. The van der Waals surface area contributed by atoms with Crippen molar-refractivity contribution in [2.24, 2.45) is 14.1 Å². The first-order valence-corrected chi connectivity index (χ1v) is 9.36. The maximum absolute atomic E-state index is 12.8. The van der Waals surface area contributed by atoms with Crippen LogP contribution in [0.15, 0.2) is 4.79 Å². The van der Waals surface area contributed by atoms with Gasteiger partial charge < -0.3 is 9.64 Å². The summed E-state index contributed by atoms with van der Waals surface area (Å²) in [6.07, 6.45) is 2.26. The van der Waals surface area contributed by atoms with E-state index < -0.39 is 0 Å². The lowest BCUT2D eigenvalue weighted by Crippen LogP contribution is -2.55. The highest BCUT2D eigenvalue weighted by molar-refractivity contribution is 5.77. The number of hydrogen-bond acceptors (Lipinski definition) is 6. The van der Waals surface area contributed by atoms with E-state index in [0.29, 0.717) is 17.1 Å². The lowest BCUT2D eigenvalue weighted by Gasteiger charge is -2.42. The molecule has 0 aromatic carbocycles. The molecule has 8 heteroatoms. The molecule has 1 fully saturated rings. The van der Waals surface area contributed by atoms with Crippen molar-refractivity contribution in [3.63, 3.8) is 0 Å². The molecule has 0 amide bonds. The fourth-order valence-electron chi connectivity index (χ4n) is 3.91. The molecule has 3 rings (SSSR count). The van der Waals surface area contributed by atoms with E-state index >= 15 is 0 Å². The van der Waals surface area contributed by atoms with Gasteiger partial charge in [-0.25, -0.2) is 4.98 Å². The zero-order valence-electron chi connectivity index (χ0n) is 16.5. The Bertz CT molecular complexity index is 827. The monoisotopic (exact) mass is 362 g/mol. The Kier molecular flexibility index (Phi) is 5.62. The summed E-state index contributed by atoms with van der Waals surface area (Å²) in [5.41, 5.74) is 2.03. The molecule has 0 aliphatic carbocycles. The number of rotatable bonds is 6. The van der Waals surface area contributed by atoms with Gasteiger partial charge in [-0.3, -0.25) is 18.9 Å². The highest BCUT2D eigenvalue weighted by Gasteiger charge is 2.29. The van der Waals surface area contributed by atoms with E-state index in [9.17, 15) is 4.79 Å². The number of anilines is 1. The first-order chi connectivity index (χ1) is 12.5. The Labute approximate surface area is 154 Å². The SMILES string of the molecule is CCCC1CN(c2nc3c(C)nn(C)c3c(=O)n2C)CCN1CCOC. The molecule has 8 nitrogen and oxygen atoms in total. The summed E-state index contributed by atoms with van der Waals surface area (Å²) < 4.78 is 8.55. The predicted molar refractivity (Wildman–Crippen MR) is 103 cm³/mol. The van der Waals surface area contributed by atoms with Gasteiger partial charge >= 0.3 is 0 Å². The van der Waals surface area contributed by atoms with Crippen molar-refractivity contribution >= 4 is 17.0 Å². The molecule has 2 aromatic rings. The van der Waals surface area contributed by atoms with Crippen molar-refractivity contribution < 1.29 is 4.74 Å². The molecule has 1 unspecified atom stereocenters. The summed E-state index contributed by atoms with van der Waals surface area (Å²) >= 11 is 0. The van der Waals surface area contributed by atoms with Gasteiger partial charge in [0.2, 0.25) is 5.95 Å². The van der Waals surface area contributed by atoms with Gasteiger partial charge in [-0.05, 0) is 13.3 Å². The highest BCUT2D eigenvalue weighted by atomic mass is 16.5. The normalized spacial score (nSPS) is 18.8. The van der Waals surface area contributed by atoms with E-state index in [4.69, 9.17) is 9.72 Å². The van der Waals surface area contributed by atoms with Crippen LogP contribution in [0, 0.1) is 6.92 Å². The molecule has 1 aliphatic heterocycles. The Morgan fingerprint density at radius 1 is 1.27 bits per heavy atom. The average Bonchev–Trinajstić information content (AvgIpc) is 2.91. The molecule has 144 valence electrons. The molecule has 1 aliphatic rings. The summed E-state index contributed by atoms with van der Waals surface area (Å²) in [6, 6.07) is 0.450. The molecule has 0 bridgehead atoms. The quantitative estimate of drug-likeness (QED) is 0.761. The van der Waals surface area contributed by atoms with Crippen molar-refractivity contribution in [1.29, 1.82) is 0 Å². The summed E-state index contributed by atoms with van der Waals surface area (Å²) in [6.45, 7) is 8.50. The van der Waals surface area contributed by atoms with Crippen LogP contribution in [-0.2, 0) is 18.8 Å². The Balaban J connectivity index is 1.93. The van der Waals surface area contributed by atoms with Gasteiger partial charge in [0.05, 0.1) is 12.3 Å². The second-order valence-corrected chi connectivity index (χ2v) is 7.10. The van der Waals surface area contributed by atoms with E-state index in [0.717, 1.165) is 57.3 Å². The van der Waals surface area contributed by atoms with Gasteiger partial charge in [0.1, 0.15) is 5.52 Å². The Morgan fingerprint density at radius 2 is 2.04 bits per heavy atom. The third-order valence-electron chi connectivity index (χ3n) is 5.30. The van der Waals surface area contributed by atoms with Crippen LogP contribution in [-0.4, -0.2) is 70.2 Å². The number of nitrogens with zero attached hydrogens (tertiary/aromatic N) is 6. The molecule has 0 N–H and O–H groups in total. The van der Waals surface area contributed by atoms with Gasteiger partial charge in [0, 0.05) is 53.4 Å². The first-order valence-electron chi connectivity index (χ1n) is 9.36. The maximum Gasteiger partial charge on any atom is 0.280 e. The van der Waals surface area contributed by atoms with Crippen LogP contribution in [0.1, 0.15) is 25.5 Å². The third-order valence-corrected chi connectivity index (χ3v) is 5.30. The number of hydrogen-bond donors (Lipinski definition) is 0. The molecule has 0 saturated carbocycles. The predicted octanol–water partition coefficient (Wildman–Crippen LogP) is 0.913. The van der Waals surface area contributed by atoms with Crippen LogP contribution < -0.4 is 10.5 Å². The maximum atomic E-state index is 12.8. The van der Waals surface area contributed by atoms with Crippen LogP contribution in [0.3, 0.4) is 0 Å². The van der Waals surface area contributed by atoms with Gasteiger partial charge in [-0.2, -0.15) is 5.10 Å². The van der Waals surface area contributed by atoms with Crippen LogP contribution in [0.4, 0.5) is 5.95 Å². The first kappa shape index (κ1) is 18.8. The lowest BCUT2D eigenvalue weighted by molar-refractivity contribution is 0.106. The molecule has 26 heavy (non-hydrogen) atoms. The van der Waals surface area contributed by atoms with E-state index in [2.05, 4.69) is 21.8 Å². The van der Waals surface area contributed by atoms with Gasteiger partial charge in [-0.1, -0.05) is 13.3 Å². The second-order valence-electron chi connectivity index (χ2n) is 7.10. The molecule has 2 aromatic heterocycles. The van der Waals surface area contributed by atoms with Gasteiger partial charge in [0.15, 0.2) is 5.52 Å². The van der Waals surface area contributed by atoms with Crippen LogP contribution in [0.2, 0.25) is 0 Å². The van der Waals surface area contributed by atoms with Gasteiger partial charge in [-0.15, -0.1) is 0 Å². The molecule has 0 radical (unpaired) electrons. The highest BCUT2D eigenvalue weighted by Crippen LogP contribution is 2.21. The smallest absolute Gasteiger partial charge is 0.280 e. The van der Waals surface area contributed by atoms with E-state index in [1.807, 2.05) is 6.92 Å². The minimum Gasteiger partial charge on any atom is -0.383 e. The zero-order valence-corrected chi connectivity index (χ0v) is 16.5. The number of methoxy groups -OCH3 is 1. The topological polar surface area (TPSA) is 68.4 Å². The Hall–Kier alpha value is -1.93. The number of ether oxygens (including phenoxy) is 1. The average molecular weight is 362 g/mol. The Morgan fingerprint density at radius 3 is 2.73 bits per heavy atom. The van der Waals surface area contributed by atoms with Crippen molar-refractivity contribution in [2.45, 2.75) is 32.7 Å². The summed E-state index contributed by atoms with van der Waals surface area (Å²) in [5, 5.41) is 4.37. The van der Waals surface area contributed by atoms with Crippen LogP contribution in [0.5, 0.6) is 0 Å². The van der Waals surface area contributed by atoms with Crippen LogP contribution in [0.25, 0.3) is 11.0 Å². The van der Waals surface area contributed by atoms with E-state index in [-0.39, 0.29) is 5.56 Å². The fraction of sp³-hybridized carbons (Fsp3) is 0.722. The number of aromatic nitrogens is 4. The number of fused-ring (bicyclic) bond motifs is 1. The van der Waals surface area contributed by atoms with E-state index in [1.165, 1.54) is 0 Å². The van der Waals surface area contributed by atoms with E-state index in [1.54, 1.807) is 30.5 Å². The largest absolute Gasteiger partial charge is 0.383 e. The minimum absolute atomic E-state index is 0.0399. The minimum atomic E-state index is -0.0399. The van der Waals surface area contributed by atoms with Crippen LogP contribution >= 0.6 is 0 Å². The summed E-state index contributed by atoms with van der Waals surface area (Å²) in [4.78, 5) is 22.4. The molecule has 1 atom stereocenters. The summed E-state index contributed by atoms with van der Waals surface area (Å²) in [5.74, 6) is 0.742. The standard InChI is InChI=1S/C18H30N6O2/c1-6-7-14-12-24(9-8-23(14)10-11-26-5)18-19-15-13(2)20-22(4)16(15)17(25)21(18)3/h14H,6-12H2,1-5H3. The molecule has 1 saturated heterocycles. The van der Waals surface area contributed by atoms with Gasteiger partial charge in [0.25, 0.3) is 5.56 Å². The van der Waals surface area contributed by atoms with Crippen molar-refractivity contribution in [3.8, 4) is 0 Å². The van der Waals surface area contributed by atoms with Crippen molar-refractivity contribution in [2.75, 3.05) is 44.8 Å². The molecule has 0 spiro atoms. The number of aryl methyl sites for hydroxylation is 2. The number of piperazine rings is 1. The van der Waals surface area contributed by atoms with Crippen molar-refractivity contribution in [1.82, 2.24) is 24.2 Å². The summed E-state index contributed by atoms with van der Waals surface area (Å²) in [7, 11) is 5.35.